The Morgan fingerprint density at radius 1 is 1.22 bits per heavy atom. The van der Waals surface area contributed by atoms with Gasteiger partial charge in [-0.05, 0) is 68.4 Å². The second-order valence-corrected chi connectivity index (χ2v) is 8.47. The van der Waals surface area contributed by atoms with Crippen molar-refractivity contribution >= 4 is 17.7 Å². The van der Waals surface area contributed by atoms with Gasteiger partial charge in [0, 0.05) is 5.54 Å². The first kappa shape index (κ1) is 15.5. The minimum atomic E-state index is -2.43. The van der Waals surface area contributed by atoms with Gasteiger partial charge in [-0.15, -0.1) is 0 Å². The van der Waals surface area contributed by atoms with E-state index >= 15 is 0 Å². The summed E-state index contributed by atoms with van der Waals surface area (Å²) in [5.41, 5.74) is -0.0590. The Balaban J connectivity index is 1.42. The highest BCUT2D eigenvalue weighted by Crippen LogP contribution is 2.55. The molecule has 3 nitrogen and oxygen atoms in total. The number of carbonyl (C=O) groups excluding carboxylic acids is 1. The molecule has 23 heavy (non-hydrogen) atoms. The molecule has 4 saturated carbocycles. The first-order chi connectivity index (χ1) is 11.0. The molecule has 1 N–H and O–H groups in total. The molecule has 126 valence electrons. The number of rotatable bonds is 5. The molecule has 1 amide bonds. The fraction of sp³-hybridized carbons (Fsp3) is 0.706. The monoisotopic (exact) mass is 341 g/mol. The number of hydrogen-bond acceptors (Lipinski definition) is 3. The Morgan fingerprint density at radius 3 is 2.39 bits per heavy atom. The smallest absolute Gasteiger partial charge is 0.287 e. The molecule has 0 aliphatic heterocycles. The van der Waals surface area contributed by atoms with Crippen LogP contribution in [-0.2, 0) is 5.75 Å². The zero-order valence-electron chi connectivity index (χ0n) is 12.9. The zero-order chi connectivity index (χ0) is 16.0. The molecule has 0 saturated heterocycles. The maximum Gasteiger partial charge on any atom is 0.287 e. The summed E-state index contributed by atoms with van der Waals surface area (Å²) >= 11 is 0.506. The Hall–Kier alpha value is -1.04. The van der Waals surface area contributed by atoms with E-state index in [2.05, 4.69) is 5.32 Å². The van der Waals surface area contributed by atoms with Crippen LogP contribution >= 0.6 is 11.8 Å². The van der Waals surface area contributed by atoms with Crippen molar-refractivity contribution in [2.75, 3.05) is 0 Å². The van der Waals surface area contributed by atoms with Crippen molar-refractivity contribution in [2.45, 2.75) is 55.6 Å². The molecule has 1 heterocycles. The average molecular weight is 341 g/mol. The predicted octanol–water partition coefficient (Wildman–Crippen LogP) is 4.43. The van der Waals surface area contributed by atoms with E-state index < -0.39 is 5.76 Å². The summed E-state index contributed by atoms with van der Waals surface area (Å²) in [5, 5.41) is 3.23. The average Bonchev–Trinajstić information content (AvgIpc) is 2.92. The van der Waals surface area contributed by atoms with Gasteiger partial charge in [0.2, 0.25) is 0 Å². The van der Waals surface area contributed by atoms with Crippen molar-refractivity contribution in [2.24, 2.45) is 17.8 Å². The summed E-state index contributed by atoms with van der Waals surface area (Å²) in [6.45, 7) is 0. The summed E-state index contributed by atoms with van der Waals surface area (Å²) in [6.07, 6.45) is 7.22. The van der Waals surface area contributed by atoms with Crippen molar-refractivity contribution in [3.8, 4) is 0 Å². The molecule has 4 aliphatic carbocycles. The van der Waals surface area contributed by atoms with Gasteiger partial charge in [0.25, 0.3) is 11.7 Å². The van der Waals surface area contributed by atoms with Crippen molar-refractivity contribution in [1.82, 2.24) is 5.32 Å². The molecule has 0 unspecified atom stereocenters. The maximum absolute atomic E-state index is 12.5. The van der Waals surface area contributed by atoms with E-state index in [-0.39, 0.29) is 23.0 Å². The number of halogens is 2. The number of thioether (sulfide) groups is 1. The van der Waals surface area contributed by atoms with Crippen LogP contribution < -0.4 is 5.32 Å². The van der Waals surface area contributed by atoms with Crippen molar-refractivity contribution in [3.05, 3.63) is 23.7 Å². The third kappa shape index (κ3) is 3.14. The molecule has 0 aromatic carbocycles. The molecule has 0 radical (unpaired) electrons. The lowest BCUT2D eigenvalue weighted by Gasteiger charge is -2.56. The predicted molar refractivity (Wildman–Crippen MR) is 84.4 cm³/mol. The van der Waals surface area contributed by atoms with Crippen molar-refractivity contribution in [3.63, 3.8) is 0 Å². The number of hydrogen-bond donors (Lipinski definition) is 1. The van der Waals surface area contributed by atoms with Crippen LogP contribution in [0.3, 0.4) is 0 Å². The highest BCUT2D eigenvalue weighted by Gasteiger charge is 2.51. The van der Waals surface area contributed by atoms with Gasteiger partial charge in [0.1, 0.15) is 5.76 Å². The van der Waals surface area contributed by atoms with Gasteiger partial charge >= 0.3 is 0 Å². The Bertz CT molecular complexity index is 566. The third-order valence-electron chi connectivity index (χ3n) is 5.65. The van der Waals surface area contributed by atoms with Crippen LogP contribution in [0.1, 0.15) is 54.8 Å². The number of carbonyl (C=O) groups is 1. The first-order valence-corrected chi connectivity index (χ1v) is 9.37. The zero-order valence-corrected chi connectivity index (χ0v) is 13.7. The molecule has 4 bridgehead atoms. The Morgan fingerprint density at radius 2 is 1.83 bits per heavy atom. The summed E-state index contributed by atoms with van der Waals surface area (Å²) in [5.74, 6) is 0.409. The third-order valence-corrected chi connectivity index (χ3v) is 6.36. The molecule has 0 atom stereocenters. The van der Waals surface area contributed by atoms with Crippen LogP contribution in [0.25, 0.3) is 0 Å². The minimum absolute atomic E-state index is 0.0590. The minimum Gasteiger partial charge on any atom is -0.455 e. The number of alkyl halides is 2. The molecule has 6 heteroatoms. The van der Waals surface area contributed by atoms with E-state index in [0.29, 0.717) is 17.5 Å². The standard InChI is InChI=1S/C17H21F2NO2S/c18-16(19)23-9-13-1-2-14(22-13)15(21)20-17-6-10-3-11(7-17)5-12(4-10)8-17/h1-2,10-12,16H,3-9H2,(H,20,21). The van der Waals surface area contributed by atoms with E-state index in [1.807, 2.05) is 0 Å². The second-order valence-electron chi connectivity index (χ2n) is 7.49. The van der Waals surface area contributed by atoms with Crippen molar-refractivity contribution in [1.29, 1.82) is 0 Å². The van der Waals surface area contributed by atoms with Crippen molar-refractivity contribution < 1.29 is 18.0 Å². The van der Waals surface area contributed by atoms with Crippen LogP contribution in [0.4, 0.5) is 8.78 Å². The van der Waals surface area contributed by atoms with Gasteiger partial charge in [-0.25, -0.2) is 0 Å². The summed E-state index contributed by atoms with van der Waals surface area (Å²) in [7, 11) is 0. The van der Waals surface area contributed by atoms with Gasteiger partial charge in [0.15, 0.2) is 5.76 Å². The lowest BCUT2D eigenvalue weighted by Crippen LogP contribution is -2.59. The Labute approximate surface area is 138 Å². The SMILES string of the molecule is O=C(NC12CC3CC(CC(C3)C1)C2)c1ccc(CSC(F)F)o1. The quantitative estimate of drug-likeness (QED) is 0.861. The Kier molecular flexibility index (Phi) is 3.90. The molecule has 4 fully saturated rings. The van der Waals surface area contributed by atoms with Gasteiger partial charge in [-0.2, -0.15) is 8.78 Å². The van der Waals surface area contributed by atoms with Crippen LogP contribution in [0, 0.1) is 17.8 Å². The van der Waals surface area contributed by atoms with Crippen LogP contribution in [0.2, 0.25) is 0 Å². The van der Waals surface area contributed by atoms with Gasteiger partial charge in [-0.3, -0.25) is 4.79 Å². The number of nitrogens with one attached hydrogen (secondary N) is 1. The van der Waals surface area contributed by atoms with E-state index in [1.165, 1.54) is 19.3 Å². The van der Waals surface area contributed by atoms with Gasteiger partial charge in [-0.1, -0.05) is 11.8 Å². The van der Waals surface area contributed by atoms with E-state index in [4.69, 9.17) is 4.42 Å². The maximum atomic E-state index is 12.5. The fourth-order valence-electron chi connectivity index (χ4n) is 5.29. The first-order valence-electron chi connectivity index (χ1n) is 8.32. The normalized spacial score (nSPS) is 35.0. The van der Waals surface area contributed by atoms with Crippen LogP contribution in [-0.4, -0.2) is 17.2 Å². The number of furan rings is 1. The second kappa shape index (κ2) is 5.80. The highest BCUT2D eigenvalue weighted by molar-refractivity contribution is 7.98. The molecular formula is C17H21F2NO2S. The summed E-state index contributed by atoms with van der Waals surface area (Å²) in [6, 6.07) is 3.21. The van der Waals surface area contributed by atoms with Crippen LogP contribution in [0.15, 0.2) is 16.5 Å². The van der Waals surface area contributed by atoms with Gasteiger partial charge in [0.05, 0.1) is 5.75 Å². The van der Waals surface area contributed by atoms with Crippen LogP contribution in [0.5, 0.6) is 0 Å². The molecule has 4 aliphatic rings. The lowest BCUT2D eigenvalue weighted by atomic mass is 9.53. The largest absolute Gasteiger partial charge is 0.455 e. The highest BCUT2D eigenvalue weighted by atomic mass is 32.2. The summed E-state index contributed by atoms with van der Waals surface area (Å²) in [4.78, 5) is 12.5. The summed E-state index contributed by atoms with van der Waals surface area (Å²) < 4.78 is 29.9. The van der Waals surface area contributed by atoms with E-state index in [0.717, 1.165) is 37.0 Å². The van der Waals surface area contributed by atoms with E-state index in [9.17, 15) is 13.6 Å². The molecule has 5 rings (SSSR count). The lowest BCUT2D eigenvalue weighted by molar-refractivity contribution is -0.0171. The molecular weight excluding hydrogens is 320 g/mol. The van der Waals surface area contributed by atoms with Gasteiger partial charge < -0.3 is 9.73 Å². The molecule has 1 aromatic rings. The van der Waals surface area contributed by atoms with E-state index in [1.54, 1.807) is 12.1 Å². The fourth-order valence-corrected chi connectivity index (χ4v) is 5.73. The topological polar surface area (TPSA) is 42.2 Å². The molecule has 1 aromatic heterocycles. The molecule has 0 spiro atoms. The number of amides is 1.